The van der Waals surface area contributed by atoms with Gasteiger partial charge in [-0.1, -0.05) is 23.7 Å². The quantitative estimate of drug-likeness (QED) is 0.511. The van der Waals surface area contributed by atoms with Crippen molar-refractivity contribution in [3.05, 3.63) is 70.3 Å². The van der Waals surface area contributed by atoms with Gasteiger partial charge in [0.25, 0.3) is 5.91 Å². The fourth-order valence-corrected chi connectivity index (χ4v) is 3.27. The van der Waals surface area contributed by atoms with Crippen molar-refractivity contribution in [2.24, 2.45) is 7.05 Å². The maximum Gasteiger partial charge on any atom is 0.433 e. The standard InChI is InChI=1S/C20H16ClF3N6O/c1-11-7-14(29(2)27-11)10-25-19(31)16-9-18-26-15(12-3-5-13(21)6-4-12)8-17(20(22,23)24)30(18)28-16/h3-9H,10H2,1-2H3,(H,25,31). The van der Waals surface area contributed by atoms with Crippen LogP contribution in [0.4, 0.5) is 13.2 Å². The number of amides is 1. The van der Waals surface area contributed by atoms with Crippen molar-refractivity contribution < 1.29 is 18.0 Å². The zero-order chi connectivity index (χ0) is 22.3. The molecule has 0 fully saturated rings. The first-order valence-electron chi connectivity index (χ1n) is 9.13. The smallest absolute Gasteiger partial charge is 0.345 e. The number of rotatable bonds is 4. The van der Waals surface area contributed by atoms with Crippen LogP contribution in [0.25, 0.3) is 16.9 Å². The SMILES string of the molecule is Cc1cc(CNC(=O)c2cc3nc(-c4ccc(Cl)cc4)cc(C(F)(F)F)n3n2)n(C)n1. The number of halogens is 4. The molecule has 0 aliphatic heterocycles. The topological polar surface area (TPSA) is 77.1 Å². The lowest BCUT2D eigenvalue weighted by atomic mass is 10.1. The Morgan fingerprint density at radius 3 is 2.45 bits per heavy atom. The van der Waals surface area contributed by atoms with Gasteiger partial charge in [-0.25, -0.2) is 9.50 Å². The van der Waals surface area contributed by atoms with Gasteiger partial charge in [-0.3, -0.25) is 9.48 Å². The molecule has 0 atom stereocenters. The van der Waals surface area contributed by atoms with E-state index in [1.807, 2.05) is 6.92 Å². The summed E-state index contributed by atoms with van der Waals surface area (Å²) in [5, 5.41) is 11.1. The van der Waals surface area contributed by atoms with Crippen LogP contribution in [0.1, 0.15) is 27.6 Å². The maximum absolute atomic E-state index is 13.7. The molecular weight excluding hydrogens is 433 g/mol. The molecule has 3 heterocycles. The van der Waals surface area contributed by atoms with Gasteiger partial charge < -0.3 is 5.32 Å². The van der Waals surface area contributed by atoms with Crippen molar-refractivity contribution in [2.75, 3.05) is 0 Å². The molecule has 0 aliphatic carbocycles. The Morgan fingerprint density at radius 2 is 1.84 bits per heavy atom. The van der Waals surface area contributed by atoms with E-state index < -0.39 is 17.8 Å². The van der Waals surface area contributed by atoms with Crippen LogP contribution < -0.4 is 5.32 Å². The van der Waals surface area contributed by atoms with E-state index >= 15 is 0 Å². The molecule has 0 bridgehead atoms. The summed E-state index contributed by atoms with van der Waals surface area (Å²) >= 11 is 5.86. The van der Waals surface area contributed by atoms with Crippen molar-refractivity contribution in [1.82, 2.24) is 29.7 Å². The average molecular weight is 449 g/mol. The summed E-state index contributed by atoms with van der Waals surface area (Å²) in [6, 6.07) is 10.2. The van der Waals surface area contributed by atoms with E-state index in [2.05, 4.69) is 20.5 Å². The molecule has 31 heavy (non-hydrogen) atoms. The first-order valence-corrected chi connectivity index (χ1v) is 9.51. The molecule has 0 aliphatic rings. The van der Waals surface area contributed by atoms with Crippen molar-refractivity contribution in [1.29, 1.82) is 0 Å². The van der Waals surface area contributed by atoms with Crippen molar-refractivity contribution in [3.8, 4) is 11.3 Å². The molecule has 0 saturated carbocycles. The van der Waals surface area contributed by atoms with Crippen LogP contribution in [0.2, 0.25) is 5.02 Å². The van der Waals surface area contributed by atoms with E-state index in [1.165, 1.54) is 6.07 Å². The molecule has 0 saturated heterocycles. The Balaban J connectivity index is 1.70. The molecule has 3 aromatic heterocycles. The highest BCUT2D eigenvalue weighted by atomic mass is 35.5. The highest BCUT2D eigenvalue weighted by Crippen LogP contribution is 2.32. The van der Waals surface area contributed by atoms with Gasteiger partial charge in [-0.05, 0) is 31.2 Å². The molecule has 11 heteroatoms. The zero-order valence-corrected chi connectivity index (χ0v) is 17.2. The number of fused-ring (bicyclic) bond motifs is 1. The molecule has 0 spiro atoms. The predicted octanol–water partition coefficient (Wildman–Crippen LogP) is 4.04. The van der Waals surface area contributed by atoms with E-state index in [9.17, 15) is 18.0 Å². The molecular formula is C20H16ClF3N6O. The number of nitrogens with one attached hydrogen (secondary N) is 1. The van der Waals surface area contributed by atoms with E-state index in [0.29, 0.717) is 15.1 Å². The minimum Gasteiger partial charge on any atom is -0.345 e. The number of aromatic nitrogens is 5. The predicted molar refractivity (Wildman–Crippen MR) is 108 cm³/mol. The Kier molecular flexibility index (Phi) is 5.18. The number of nitrogens with zero attached hydrogens (tertiary/aromatic N) is 5. The van der Waals surface area contributed by atoms with Crippen molar-refractivity contribution in [2.45, 2.75) is 19.6 Å². The number of aryl methyl sites for hydroxylation is 2. The zero-order valence-electron chi connectivity index (χ0n) is 16.4. The first-order chi connectivity index (χ1) is 14.6. The minimum atomic E-state index is -4.70. The summed E-state index contributed by atoms with van der Waals surface area (Å²) in [5.74, 6) is -0.620. The Hall–Kier alpha value is -3.40. The highest BCUT2D eigenvalue weighted by molar-refractivity contribution is 6.30. The van der Waals surface area contributed by atoms with Crippen LogP contribution in [0.5, 0.6) is 0 Å². The third-order valence-corrected chi connectivity index (χ3v) is 4.87. The summed E-state index contributed by atoms with van der Waals surface area (Å²) < 4.78 is 43.3. The van der Waals surface area contributed by atoms with E-state index in [-0.39, 0.29) is 23.6 Å². The van der Waals surface area contributed by atoms with E-state index in [1.54, 1.807) is 42.1 Å². The van der Waals surface area contributed by atoms with Crippen LogP contribution in [0.15, 0.2) is 42.5 Å². The lowest BCUT2D eigenvalue weighted by Crippen LogP contribution is -2.24. The molecule has 160 valence electrons. The van der Waals surface area contributed by atoms with Gasteiger partial charge in [0, 0.05) is 23.7 Å². The molecule has 7 nitrogen and oxygen atoms in total. The lowest BCUT2D eigenvalue weighted by Gasteiger charge is -2.11. The second-order valence-corrected chi connectivity index (χ2v) is 7.35. The van der Waals surface area contributed by atoms with Gasteiger partial charge in [0.2, 0.25) is 0 Å². The third-order valence-electron chi connectivity index (χ3n) is 4.62. The fraction of sp³-hybridized carbons (Fsp3) is 0.200. The fourth-order valence-electron chi connectivity index (χ4n) is 3.15. The van der Waals surface area contributed by atoms with Crippen LogP contribution in [0, 0.1) is 6.92 Å². The number of hydrogen-bond donors (Lipinski definition) is 1. The molecule has 1 aromatic carbocycles. The summed E-state index contributed by atoms with van der Waals surface area (Å²) in [7, 11) is 1.73. The van der Waals surface area contributed by atoms with Gasteiger partial charge >= 0.3 is 6.18 Å². The third kappa shape index (κ3) is 4.24. The van der Waals surface area contributed by atoms with E-state index in [4.69, 9.17) is 11.6 Å². The van der Waals surface area contributed by atoms with Gasteiger partial charge in [-0.2, -0.15) is 23.4 Å². The van der Waals surface area contributed by atoms with Crippen LogP contribution >= 0.6 is 11.6 Å². The molecule has 0 unspecified atom stereocenters. The second kappa shape index (κ2) is 7.69. The number of carbonyl (C=O) groups excluding carboxylic acids is 1. The number of benzene rings is 1. The summed E-state index contributed by atoms with van der Waals surface area (Å²) in [5.41, 5.74) is 0.766. The van der Waals surface area contributed by atoms with Crippen molar-refractivity contribution in [3.63, 3.8) is 0 Å². The van der Waals surface area contributed by atoms with Gasteiger partial charge in [0.05, 0.1) is 23.6 Å². The molecule has 0 radical (unpaired) electrons. The van der Waals surface area contributed by atoms with Crippen LogP contribution in [0.3, 0.4) is 0 Å². The van der Waals surface area contributed by atoms with Gasteiger partial charge in [0.1, 0.15) is 0 Å². The number of alkyl halides is 3. The Morgan fingerprint density at radius 1 is 1.13 bits per heavy atom. The van der Waals surface area contributed by atoms with Crippen LogP contribution in [-0.4, -0.2) is 30.3 Å². The molecule has 4 aromatic rings. The van der Waals surface area contributed by atoms with Crippen molar-refractivity contribution >= 4 is 23.2 Å². The van der Waals surface area contributed by atoms with Gasteiger partial charge in [0.15, 0.2) is 17.0 Å². The number of carbonyl (C=O) groups is 1. The van der Waals surface area contributed by atoms with Gasteiger partial charge in [-0.15, -0.1) is 0 Å². The summed E-state index contributed by atoms with van der Waals surface area (Å²) in [6.07, 6.45) is -4.70. The number of hydrogen-bond acceptors (Lipinski definition) is 4. The maximum atomic E-state index is 13.7. The first kappa shape index (κ1) is 20.9. The second-order valence-electron chi connectivity index (χ2n) is 6.91. The average Bonchev–Trinajstić information content (AvgIpc) is 3.27. The Labute approximate surface area is 179 Å². The monoisotopic (exact) mass is 448 g/mol. The largest absolute Gasteiger partial charge is 0.433 e. The lowest BCUT2D eigenvalue weighted by molar-refractivity contribution is -0.142. The molecule has 1 N–H and O–H groups in total. The van der Waals surface area contributed by atoms with E-state index in [0.717, 1.165) is 17.5 Å². The molecule has 4 rings (SSSR count). The summed E-state index contributed by atoms with van der Waals surface area (Å²) in [4.78, 5) is 16.8. The van der Waals surface area contributed by atoms with Crippen LogP contribution in [-0.2, 0) is 19.8 Å². The normalized spacial score (nSPS) is 11.8. The Bertz CT molecular complexity index is 1280. The highest BCUT2D eigenvalue weighted by Gasteiger charge is 2.35. The summed E-state index contributed by atoms with van der Waals surface area (Å²) in [6.45, 7) is 1.97. The molecule has 1 amide bonds. The minimum absolute atomic E-state index is 0.0914.